The highest BCUT2D eigenvalue weighted by molar-refractivity contribution is 9.09. The van der Waals surface area contributed by atoms with Crippen molar-refractivity contribution in [3.05, 3.63) is 29.8 Å². The van der Waals surface area contributed by atoms with Crippen molar-refractivity contribution >= 4 is 27.5 Å². The van der Waals surface area contributed by atoms with Crippen LogP contribution < -0.4 is 5.32 Å². The van der Waals surface area contributed by atoms with E-state index in [1.807, 2.05) is 12.1 Å². The summed E-state index contributed by atoms with van der Waals surface area (Å²) in [5.74, 6) is 0.133. The van der Waals surface area contributed by atoms with Gasteiger partial charge in [-0.15, -0.1) is 0 Å². The molecule has 1 amide bonds. The van der Waals surface area contributed by atoms with Gasteiger partial charge in [-0.2, -0.15) is 0 Å². The molecule has 0 fully saturated rings. The second-order valence-electron chi connectivity index (χ2n) is 5.20. The zero-order valence-electron chi connectivity index (χ0n) is 12.5. The van der Waals surface area contributed by atoms with Crippen molar-refractivity contribution < 1.29 is 4.79 Å². The lowest BCUT2D eigenvalue weighted by atomic mass is 10.1. The molecule has 0 bridgehead atoms. The van der Waals surface area contributed by atoms with Gasteiger partial charge in [-0.05, 0) is 30.5 Å². The number of nitrogens with one attached hydrogen (secondary N) is 1. The van der Waals surface area contributed by atoms with Gasteiger partial charge in [0.1, 0.15) is 0 Å². The molecule has 0 aromatic heterocycles. The van der Waals surface area contributed by atoms with Crippen LogP contribution in [0.3, 0.4) is 0 Å². The van der Waals surface area contributed by atoms with E-state index >= 15 is 0 Å². The number of unbranched alkanes of at least 4 members (excludes halogenated alkanes) is 5. The van der Waals surface area contributed by atoms with Crippen LogP contribution in [-0.2, 0) is 11.2 Å². The molecule has 0 unspecified atom stereocenters. The Morgan fingerprint density at radius 2 is 1.70 bits per heavy atom. The summed E-state index contributed by atoms with van der Waals surface area (Å²) in [6.45, 7) is 2.22. The summed E-state index contributed by atoms with van der Waals surface area (Å²) in [7, 11) is 0. The maximum Gasteiger partial charge on any atom is 0.224 e. The van der Waals surface area contributed by atoms with Crippen molar-refractivity contribution in [3.63, 3.8) is 0 Å². The number of hydrogen-bond donors (Lipinski definition) is 1. The Hall–Kier alpha value is -0.830. The monoisotopic (exact) mass is 339 g/mol. The Balaban J connectivity index is 2.18. The van der Waals surface area contributed by atoms with Gasteiger partial charge in [-0.1, -0.05) is 67.1 Å². The molecule has 20 heavy (non-hydrogen) atoms. The van der Waals surface area contributed by atoms with Crippen LogP contribution in [0.5, 0.6) is 0 Å². The average Bonchev–Trinajstić information content (AvgIpc) is 2.45. The van der Waals surface area contributed by atoms with Gasteiger partial charge in [0.05, 0.1) is 0 Å². The predicted octanol–water partition coefficient (Wildman–Crippen LogP) is 5.31. The Morgan fingerprint density at radius 1 is 1.05 bits per heavy atom. The van der Waals surface area contributed by atoms with Crippen molar-refractivity contribution in [1.29, 1.82) is 0 Å². The number of anilines is 1. The SMILES string of the molecule is CCCCCCCCC(=O)Nc1ccc(CCBr)cc1. The van der Waals surface area contributed by atoms with E-state index in [9.17, 15) is 4.79 Å². The Labute approximate surface area is 131 Å². The van der Waals surface area contributed by atoms with Gasteiger partial charge in [-0.25, -0.2) is 0 Å². The van der Waals surface area contributed by atoms with Crippen LogP contribution in [0.15, 0.2) is 24.3 Å². The van der Waals surface area contributed by atoms with Gasteiger partial charge in [0, 0.05) is 17.4 Å². The van der Waals surface area contributed by atoms with Crippen molar-refractivity contribution in [2.75, 3.05) is 10.6 Å². The minimum Gasteiger partial charge on any atom is -0.326 e. The Bertz CT molecular complexity index is 375. The number of alkyl halides is 1. The van der Waals surface area contributed by atoms with Crippen LogP contribution in [0.1, 0.15) is 57.4 Å². The maximum atomic E-state index is 11.8. The molecule has 1 aromatic rings. The smallest absolute Gasteiger partial charge is 0.224 e. The van der Waals surface area contributed by atoms with Crippen LogP contribution >= 0.6 is 15.9 Å². The van der Waals surface area contributed by atoms with E-state index in [-0.39, 0.29) is 5.91 Å². The first-order valence-electron chi connectivity index (χ1n) is 7.71. The number of aryl methyl sites for hydroxylation is 1. The van der Waals surface area contributed by atoms with Crippen molar-refractivity contribution in [2.24, 2.45) is 0 Å². The number of amides is 1. The normalized spacial score (nSPS) is 10.5. The lowest BCUT2D eigenvalue weighted by Crippen LogP contribution is -2.11. The number of rotatable bonds is 10. The Kier molecular flexibility index (Phi) is 9.38. The molecule has 0 radical (unpaired) electrons. The van der Waals surface area contributed by atoms with E-state index in [1.165, 1.54) is 31.2 Å². The Morgan fingerprint density at radius 3 is 2.35 bits per heavy atom. The first kappa shape index (κ1) is 17.2. The standard InChI is InChI=1S/C17H26BrNO/c1-2-3-4-5-6-7-8-17(20)19-16-11-9-15(10-12-16)13-14-18/h9-12H,2-8,13-14H2,1H3,(H,19,20). The highest BCUT2D eigenvalue weighted by Gasteiger charge is 2.02. The van der Waals surface area contributed by atoms with Crippen molar-refractivity contribution in [3.8, 4) is 0 Å². The highest BCUT2D eigenvalue weighted by atomic mass is 79.9. The molecule has 0 saturated carbocycles. The lowest BCUT2D eigenvalue weighted by Gasteiger charge is -2.06. The summed E-state index contributed by atoms with van der Waals surface area (Å²) in [6, 6.07) is 8.11. The molecular weight excluding hydrogens is 314 g/mol. The molecule has 1 aromatic carbocycles. The molecule has 3 heteroatoms. The molecule has 1 rings (SSSR count). The zero-order chi connectivity index (χ0) is 14.6. The van der Waals surface area contributed by atoms with Crippen LogP contribution in [-0.4, -0.2) is 11.2 Å². The molecule has 0 aliphatic heterocycles. The third kappa shape index (κ3) is 7.68. The first-order valence-corrected chi connectivity index (χ1v) is 8.83. The van der Waals surface area contributed by atoms with Gasteiger partial charge in [0.25, 0.3) is 0 Å². The van der Waals surface area contributed by atoms with Gasteiger partial charge in [0.2, 0.25) is 5.91 Å². The third-order valence-corrected chi connectivity index (χ3v) is 3.77. The van der Waals surface area contributed by atoms with Gasteiger partial charge < -0.3 is 5.32 Å². The molecular formula is C17H26BrNO. The summed E-state index contributed by atoms with van der Waals surface area (Å²) in [5, 5.41) is 3.93. The van der Waals surface area contributed by atoms with Gasteiger partial charge >= 0.3 is 0 Å². The fourth-order valence-electron chi connectivity index (χ4n) is 2.15. The van der Waals surface area contributed by atoms with E-state index in [1.54, 1.807) is 0 Å². The number of hydrogen-bond acceptors (Lipinski definition) is 1. The number of carbonyl (C=O) groups is 1. The highest BCUT2D eigenvalue weighted by Crippen LogP contribution is 2.12. The van der Waals surface area contributed by atoms with E-state index in [0.717, 1.165) is 30.3 Å². The van der Waals surface area contributed by atoms with Crippen LogP contribution in [0, 0.1) is 0 Å². The third-order valence-electron chi connectivity index (χ3n) is 3.38. The van der Waals surface area contributed by atoms with Crippen LogP contribution in [0.25, 0.3) is 0 Å². The number of carbonyl (C=O) groups excluding carboxylic acids is 1. The largest absolute Gasteiger partial charge is 0.326 e. The molecule has 0 atom stereocenters. The maximum absolute atomic E-state index is 11.8. The molecule has 0 saturated heterocycles. The topological polar surface area (TPSA) is 29.1 Å². The van der Waals surface area contributed by atoms with Crippen molar-refractivity contribution in [1.82, 2.24) is 0 Å². The number of benzene rings is 1. The molecule has 0 aliphatic rings. The molecule has 1 N–H and O–H groups in total. The van der Waals surface area contributed by atoms with Crippen molar-refractivity contribution in [2.45, 2.75) is 58.3 Å². The summed E-state index contributed by atoms with van der Waals surface area (Å²) in [5.41, 5.74) is 2.19. The van der Waals surface area contributed by atoms with E-state index in [0.29, 0.717) is 6.42 Å². The number of halogens is 1. The van der Waals surface area contributed by atoms with Crippen LogP contribution in [0.2, 0.25) is 0 Å². The second kappa shape index (κ2) is 10.9. The summed E-state index contributed by atoms with van der Waals surface area (Å²) < 4.78 is 0. The fraction of sp³-hybridized carbons (Fsp3) is 0.588. The first-order chi connectivity index (χ1) is 9.76. The van der Waals surface area contributed by atoms with Gasteiger partial charge in [0.15, 0.2) is 0 Å². The predicted molar refractivity (Wildman–Crippen MR) is 90.6 cm³/mol. The molecule has 112 valence electrons. The summed E-state index contributed by atoms with van der Waals surface area (Å²) in [6.07, 6.45) is 8.95. The second-order valence-corrected chi connectivity index (χ2v) is 5.99. The fourth-order valence-corrected chi connectivity index (χ4v) is 2.61. The molecule has 0 heterocycles. The van der Waals surface area contributed by atoms with Crippen LogP contribution in [0.4, 0.5) is 5.69 Å². The quantitative estimate of drug-likeness (QED) is 0.454. The van der Waals surface area contributed by atoms with E-state index in [4.69, 9.17) is 0 Å². The molecule has 0 aliphatic carbocycles. The minimum absolute atomic E-state index is 0.133. The van der Waals surface area contributed by atoms with E-state index < -0.39 is 0 Å². The lowest BCUT2D eigenvalue weighted by molar-refractivity contribution is -0.116. The molecule has 2 nitrogen and oxygen atoms in total. The zero-order valence-corrected chi connectivity index (χ0v) is 14.0. The van der Waals surface area contributed by atoms with E-state index in [2.05, 4.69) is 40.3 Å². The average molecular weight is 340 g/mol. The van der Waals surface area contributed by atoms with Gasteiger partial charge in [-0.3, -0.25) is 4.79 Å². The molecule has 0 spiro atoms. The summed E-state index contributed by atoms with van der Waals surface area (Å²) in [4.78, 5) is 11.8. The minimum atomic E-state index is 0.133. The summed E-state index contributed by atoms with van der Waals surface area (Å²) >= 11 is 3.43.